The minimum absolute atomic E-state index is 0.334. The number of hydrogen-bond donors (Lipinski definition) is 0. The highest BCUT2D eigenvalue weighted by atomic mass is 19.4. The summed E-state index contributed by atoms with van der Waals surface area (Å²) < 4.78 is 36.6. The van der Waals surface area contributed by atoms with Gasteiger partial charge in [0.2, 0.25) is 0 Å². The Morgan fingerprint density at radius 3 is 2.20 bits per heavy atom. The second-order valence-corrected chi connectivity index (χ2v) is 3.60. The van der Waals surface area contributed by atoms with Crippen molar-refractivity contribution in [3.63, 3.8) is 0 Å². The first-order chi connectivity index (χ1) is 7.04. The van der Waals surface area contributed by atoms with Crippen molar-refractivity contribution >= 4 is 17.7 Å². The van der Waals surface area contributed by atoms with E-state index in [0.29, 0.717) is 5.56 Å². The molecule has 0 saturated carbocycles. The fraction of sp³-hybridized carbons (Fsp3) is 0.0909. The summed E-state index contributed by atoms with van der Waals surface area (Å²) in [5.41, 5.74) is 0.334. The minimum Gasteiger partial charge on any atom is -0.449 e. The van der Waals surface area contributed by atoms with Crippen molar-refractivity contribution in [1.82, 2.24) is 0 Å². The van der Waals surface area contributed by atoms with E-state index in [-0.39, 0.29) is 0 Å². The standard InChI is InChI=1S/C11H9BF3/c13-12(14,15)8-9-5-6-10-3-1-2-4-11(10)7-9/h1-7H,8H2/q-1. The van der Waals surface area contributed by atoms with E-state index in [2.05, 4.69) is 0 Å². The van der Waals surface area contributed by atoms with Gasteiger partial charge in [-0.2, -0.15) is 0 Å². The fourth-order valence-electron chi connectivity index (χ4n) is 1.63. The molecular weight excluding hydrogens is 200 g/mol. The predicted octanol–water partition coefficient (Wildman–Crippen LogP) is 3.77. The van der Waals surface area contributed by atoms with Crippen LogP contribution in [0.3, 0.4) is 0 Å². The number of fused-ring (bicyclic) bond motifs is 1. The molecule has 0 bridgehead atoms. The molecule has 0 aliphatic rings. The smallest absolute Gasteiger partial charge is 0.449 e. The van der Waals surface area contributed by atoms with E-state index in [0.717, 1.165) is 10.8 Å². The van der Waals surface area contributed by atoms with Crippen LogP contribution in [-0.4, -0.2) is 6.98 Å². The van der Waals surface area contributed by atoms with E-state index in [1.165, 1.54) is 6.07 Å². The predicted molar refractivity (Wildman–Crippen MR) is 56.7 cm³/mol. The van der Waals surface area contributed by atoms with Gasteiger partial charge in [0.05, 0.1) is 0 Å². The molecule has 0 aliphatic carbocycles. The highest BCUT2D eigenvalue weighted by Crippen LogP contribution is 2.20. The highest BCUT2D eigenvalue weighted by molar-refractivity contribution is 6.57. The zero-order chi connectivity index (χ0) is 10.9. The lowest BCUT2D eigenvalue weighted by molar-refractivity contribution is 0.468. The third kappa shape index (κ3) is 2.52. The van der Waals surface area contributed by atoms with Crippen LogP contribution in [0.25, 0.3) is 10.8 Å². The van der Waals surface area contributed by atoms with Crippen molar-refractivity contribution in [3.8, 4) is 0 Å². The lowest BCUT2D eigenvalue weighted by Crippen LogP contribution is -2.19. The van der Waals surface area contributed by atoms with Gasteiger partial charge in [0, 0.05) is 0 Å². The number of benzene rings is 2. The molecule has 2 rings (SSSR count). The molecule has 0 aromatic heterocycles. The summed E-state index contributed by atoms with van der Waals surface area (Å²) in [5, 5.41) is 1.82. The molecule has 0 spiro atoms. The second-order valence-electron chi connectivity index (χ2n) is 3.60. The van der Waals surface area contributed by atoms with Crippen molar-refractivity contribution in [2.45, 2.75) is 6.32 Å². The number of halogens is 3. The van der Waals surface area contributed by atoms with Crippen LogP contribution in [0.1, 0.15) is 5.56 Å². The van der Waals surface area contributed by atoms with Gasteiger partial charge in [-0.3, -0.25) is 0 Å². The molecular formula is C11H9BF3-. The molecule has 4 heteroatoms. The monoisotopic (exact) mass is 209 g/mol. The number of rotatable bonds is 2. The minimum atomic E-state index is -4.74. The Bertz CT molecular complexity index is 476. The summed E-state index contributed by atoms with van der Waals surface area (Å²) in [6.07, 6.45) is -0.801. The van der Waals surface area contributed by atoms with Crippen LogP contribution in [0, 0.1) is 0 Å². The maximum Gasteiger partial charge on any atom is 0.482 e. The van der Waals surface area contributed by atoms with E-state index in [1.807, 2.05) is 24.3 Å². The van der Waals surface area contributed by atoms with Crippen LogP contribution in [0.15, 0.2) is 42.5 Å². The Morgan fingerprint density at radius 2 is 1.53 bits per heavy atom. The SMILES string of the molecule is F[B-](F)(F)Cc1ccc2ccccc2c1. The molecule has 0 N–H and O–H groups in total. The van der Waals surface area contributed by atoms with Crippen molar-refractivity contribution < 1.29 is 12.9 Å². The van der Waals surface area contributed by atoms with Gasteiger partial charge >= 0.3 is 6.98 Å². The summed E-state index contributed by atoms with van der Waals surface area (Å²) in [7, 11) is 0. The molecule has 0 heterocycles. The van der Waals surface area contributed by atoms with E-state index in [1.54, 1.807) is 12.1 Å². The first-order valence-corrected chi connectivity index (χ1v) is 4.73. The number of hydrogen-bond acceptors (Lipinski definition) is 0. The molecule has 0 amide bonds. The summed E-state index contributed by atoms with van der Waals surface area (Å²) in [5.74, 6) is 0. The van der Waals surface area contributed by atoms with Gasteiger partial charge in [0.15, 0.2) is 0 Å². The maximum atomic E-state index is 12.2. The Morgan fingerprint density at radius 1 is 0.867 bits per heavy atom. The molecule has 2 aromatic carbocycles. The first-order valence-electron chi connectivity index (χ1n) is 4.73. The maximum absolute atomic E-state index is 12.2. The Balaban J connectivity index is 2.39. The molecule has 78 valence electrons. The summed E-state index contributed by atoms with van der Waals surface area (Å²) in [6, 6.07) is 12.3. The average Bonchev–Trinajstić information content (AvgIpc) is 2.15. The molecule has 0 nitrogen and oxygen atoms in total. The van der Waals surface area contributed by atoms with Crippen LogP contribution in [0.2, 0.25) is 0 Å². The molecule has 0 aliphatic heterocycles. The van der Waals surface area contributed by atoms with Crippen LogP contribution in [0.5, 0.6) is 0 Å². The lowest BCUT2D eigenvalue weighted by atomic mass is 9.81. The zero-order valence-corrected chi connectivity index (χ0v) is 7.96. The van der Waals surface area contributed by atoms with Gasteiger partial charge in [-0.25, -0.2) is 0 Å². The van der Waals surface area contributed by atoms with Gasteiger partial charge in [0.1, 0.15) is 0 Å². The molecule has 0 radical (unpaired) electrons. The van der Waals surface area contributed by atoms with E-state index < -0.39 is 13.3 Å². The third-order valence-electron chi connectivity index (χ3n) is 2.28. The average molecular weight is 209 g/mol. The molecule has 0 unspecified atom stereocenters. The largest absolute Gasteiger partial charge is 0.482 e. The topological polar surface area (TPSA) is 0 Å². The third-order valence-corrected chi connectivity index (χ3v) is 2.28. The van der Waals surface area contributed by atoms with Crippen LogP contribution < -0.4 is 0 Å². The molecule has 0 atom stereocenters. The molecule has 2 aromatic rings. The van der Waals surface area contributed by atoms with E-state index in [4.69, 9.17) is 0 Å². The zero-order valence-electron chi connectivity index (χ0n) is 7.96. The van der Waals surface area contributed by atoms with Gasteiger partial charge in [-0.05, 0) is 10.8 Å². The van der Waals surface area contributed by atoms with Crippen LogP contribution >= 0.6 is 0 Å². The normalized spacial score (nSPS) is 11.9. The Labute approximate surface area is 85.8 Å². The molecule has 0 fully saturated rings. The molecule has 0 saturated heterocycles. The summed E-state index contributed by atoms with van der Waals surface area (Å²) in [6.45, 7) is -4.74. The Kier molecular flexibility index (Phi) is 2.43. The van der Waals surface area contributed by atoms with Crippen molar-refractivity contribution in [2.24, 2.45) is 0 Å². The van der Waals surface area contributed by atoms with Crippen LogP contribution in [-0.2, 0) is 6.32 Å². The van der Waals surface area contributed by atoms with Crippen LogP contribution in [0.4, 0.5) is 12.9 Å². The fourth-order valence-corrected chi connectivity index (χ4v) is 1.63. The summed E-state index contributed by atoms with van der Waals surface area (Å²) >= 11 is 0. The Hall–Kier alpha value is -1.45. The first kappa shape index (κ1) is 10.1. The quantitative estimate of drug-likeness (QED) is 0.660. The van der Waals surface area contributed by atoms with Crippen molar-refractivity contribution in [2.75, 3.05) is 0 Å². The van der Waals surface area contributed by atoms with Gasteiger partial charge in [-0.15, -0.1) is 0 Å². The van der Waals surface area contributed by atoms with Crippen molar-refractivity contribution in [3.05, 3.63) is 48.0 Å². The lowest BCUT2D eigenvalue weighted by Gasteiger charge is -2.13. The van der Waals surface area contributed by atoms with E-state index in [9.17, 15) is 12.9 Å². The van der Waals surface area contributed by atoms with E-state index >= 15 is 0 Å². The molecule has 15 heavy (non-hydrogen) atoms. The summed E-state index contributed by atoms with van der Waals surface area (Å²) in [4.78, 5) is 0. The van der Waals surface area contributed by atoms with Gasteiger partial charge in [0.25, 0.3) is 0 Å². The second kappa shape index (κ2) is 3.61. The van der Waals surface area contributed by atoms with Gasteiger partial charge in [-0.1, -0.05) is 54.3 Å². The van der Waals surface area contributed by atoms with Crippen molar-refractivity contribution in [1.29, 1.82) is 0 Å². The highest BCUT2D eigenvalue weighted by Gasteiger charge is 2.22. The van der Waals surface area contributed by atoms with Gasteiger partial charge < -0.3 is 12.9 Å².